The van der Waals surface area contributed by atoms with E-state index in [1.807, 2.05) is 55.5 Å². The Hall–Kier alpha value is -3.52. The van der Waals surface area contributed by atoms with E-state index >= 15 is 0 Å². The van der Waals surface area contributed by atoms with Crippen LogP contribution in [0.3, 0.4) is 0 Å². The second-order valence-electron chi connectivity index (χ2n) is 8.94. The standard InChI is InChI=1S/C25H26N4O4/c1-2-15-9-6-10-16-21(15)27-24(33)25(16)20-19(17(28-25)13-18(26)30)22(31)29(23(20)32)12-11-14-7-4-3-5-8-14/h3-10,17,19-20,28H,2,11-13H2,1H3,(H2,26,30)(H,27,33)/t17-,19-,20-,25+/m1/s1. The Labute approximate surface area is 191 Å². The largest absolute Gasteiger partial charge is 0.370 e. The van der Waals surface area contributed by atoms with Crippen molar-refractivity contribution in [2.45, 2.75) is 37.8 Å². The molecule has 4 atom stereocenters. The van der Waals surface area contributed by atoms with E-state index in [1.54, 1.807) is 0 Å². The highest BCUT2D eigenvalue weighted by atomic mass is 16.2. The molecular formula is C25H26N4O4. The Morgan fingerprint density at radius 3 is 2.52 bits per heavy atom. The Morgan fingerprint density at radius 1 is 1.06 bits per heavy atom. The molecule has 33 heavy (non-hydrogen) atoms. The summed E-state index contributed by atoms with van der Waals surface area (Å²) in [6, 6.07) is 14.5. The van der Waals surface area contributed by atoms with Crippen LogP contribution in [0.2, 0.25) is 0 Å². The molecule has 2 saturated heterocycles. The molecule has 3 aliphatic heterocycles. The Balaban J connectivity index is 1.56. The van der Waals surface area contributed by atoms with Crippen molar-refractivity contribution < 1.29 is 19.2 Å². The van der Waals surface area contributed by atoms with Gasteiger partial charge in [-0.2, -0.15) is 0 Å². The number of benzene rings is 2. The average Bonchev–Trinajstić information content (AvgIpc) is 3.37. The second-order valence-corrected chi connectivity index (χ2v) is 8.94. The lowest BCUT2D eigenvalue weighted by Crippen LogP contribution is -2.53. The van der Waals surface area contributed by atoms with Gasteiger partial charge in [-0.3, -0.25) is 29.4 Å². The minimum Gasteiger partial charge on any atom is -0.370 e. The minimum atomic E-state index is -1.40. The van der Waals surface area contributed by atoms with Gasteiger partial charge in [-0.15, -0.1) is 0 Å². The Morgan fingerprint density at radius 2 is 1.82 bits per heavy atom. The number of amides is 4. The fourth-order valence-corrected chi connectivity index (χ4v) is 5.74. The van der Waals surface area contributed by atoms with Crippen LogP contribution < -0.4 is 16.4 Å². The summed E-state index contributed by atoms with van der Waals surface area (Å²) in [6.45, 7) is 2.21. The molecule has 5 rings (SSSR count). The molecule has 1 spiro atoms. The minimum absolute atomic E-state index is 0.134. The molecule has 0 bridgehead atoms. The highest BCUT2D eigenvalue weighted by Crippen LogP contribution is 2.53. The summed E-state index contributed by atoms with van der Waals surface area (Å²) < 4.78 is 0. The van der Waals surface area contributed by atoms with E-state index in [2.05, 4.69) is 10.6 Å². The van der Waals surface area contributed by atoms with Crippen molar-refractivity contribution in [2.75, 3.05) is 11.9 Å². The van der Waals surface area contributed by atoms with Gasteiger partial charge in [-0.1, -0.05) is 55.5 Å². The van der Waals surface area contributed by atoms with Gasteiger partial charge in [0.2, 0.25) is 23.6 Å². The quantitative estimate of drug-likeness (QED) is 0.574. The van der Waals surface area contributed by atoms with Crippen molar-refractivity contribution in [1.82, 2.24) is 10.2 Å². The average molecular weight is 447 g/mol. The number of aryl methyl sites for hydroxylation is 1. The van der Waals surface area contributed by atoms with Gasteiger partial charge in [0.15, 0.2) is 0 Å². The number of para-hydroxylation sites is 1. The molecule has 8 heteroatoms. The number of carbonyl (C=O) groups excluding carboxylic acids is 4. The number of fused-ring (bicyclic) bond motifs is 4. The number of carbonyl (C=O) groups is 4. The third-order valence-corrected chi connectivity index (χ3v) is 7.20. The van der Waals surface area contributed by atoms with Crippen LogP contribution in [0.5, 0.6) is 0 Å². The first-order valence-electron chi connectivity index (χ1n) is 11.3. The number of anilines is 1. The zero-order valence-corrected chi connectivity index (χ0v) is 18.3. The highest BCUT2D eigenvalue weighted by Gasteiger charge is 2.70. The second kappa shape index (κ2) is 7.81. The van der Waals surface area contributed by atoms with E-state index in [-0.39, 0.29) is 30.7 Å². The lowest BCUT2D eigenvalue weighted by Gasteiger charge is -2.29. The van der Waals surface area contributed by atoms with Crippen LogP contribution in [0.15, 0.2) is 48.5 Å². The van der Waals surface area contributed by atoms with Crippen molar-refractivity contribution in [3.63, 3.8) is 0 Å². The van der Waals surface area contributed by atoms with Crippen LogP contribution in [0.25, 0.3) is 0 Å². The number of primary amides is 1. The molecule has 2 fully saturated rings. The summed E-state index contributed by atoms with van der Waals surface area (Å²) in [6.07, 6.45) is 1.08. The first-order valence-corrected chi connectivity index (χ1v) is 11.3. The Kier molecular flexibility index (Phi) is 5.05. The van der Waals surface area contributed by atoms with Crippen LogP contribution in [0, 0.1) is 11.8 Å². The number of likely N-dealkylation sites (tertiary alicyclic amines) is 1. The van der Waals surface area contributed by atoms with Crippen LogP contribution in [0.4, 0.5) is 5.69 Å². The maximum atomic E-state index is 13.7. The maximum Gasteiger partial charge on any atom is 0.250 e. The van der Waals surface area contributed by atoms with Gasteiger partial charge in [0.05, 0.1) is 11.8 Å². The van der Waals surface area contributed by atoms with Crippen LogP contribution in [0.1, 0.15) is 30.0 Å². The van der Waals surface area contributed by atoms with Crippen molar-refractivity contribution >= 4 is 29.3 Å². The molecule has 3 aliphatic rings. The monoisotopic (exact) mass is 446 g/mol. The molecule has 0 radical (unpaired) electrons. The number of nitrogens with one attached hydrogen (secondary N) is 2. The van der Waals surface area contributed by atoms with E-state index in [0.717, 1.165) is 11.1 Å². The number of hydrogen-bond donors (Lipinski definition) is 3. The van der Waals surface area contributed by atoms with Crippen molar-refractivity contribution in [3.8, 4) is 0 Å². The summed E-state index contributed by atoms with van der Waals surface area (Å²) in [7, 11) is 0. The van der Waals surface area contributed by atoms with Crippen LogP contribution in [-0.4, -0.2) is 41.1 Å². The first-order chi connectivity index (χ1) is 15.9. The molecule has 0 unspecified atom stereocenters. The fraction of sp³-hybridized carbons (Fsp3) is 0.360. The first kappa shape index (κ1) is 21.3. The van der Waals surface area contributed by atoms with Crippen molar-refractivity contribution in [2.24, 2.45) is 17.6 Å². The summed E-state index contributed by atoms with van der Waals surface area (Å²) in [5.41, 5.74) is 7.36. The molecule has 2 aromatic rings. The summed E-state index contributed by atoms with van der Waals surface area (Å²) >= 11 is 0. The molecule has 0 aromatic heterocycles. The van der Waals surface area contributed by atoms with Gasteiger partial charge < -0.3 is 11.1 Å². The molecule has 3 heterocycles. The lowest BCUT2D eigenvalue weighted by atomic mass is 9.76. The fourth-order valence-electron chi connectivity index (χ4n) is 5.74. The van der Waals surface area contributed by atoms with E-state index in [4.69, 9.17) is 5.73 Å². The van der Waals surface area contributed by atoms with Crippen molar-refractivity contribution in [3.05, 3.63) is 65.2 Å². The van der Waals surface area contributed by atoms with Gasteiger partial charge in [-0.05, 0) is 24.0 Å². The van der Waals surface area contributed by atoms with Gasteiger partial charge in [0, 0.05) is 30.3 Å². The normalized spacial score (nSPS) is 27.7. The number of rotatable bonds is 6. The molecule has 0 aliphatic carbocycles. The van der Waals surface area contributed by atoms with Gasteiger partial charge >= 0.3 is 0 Å². The molecule has 0 saturated carbocycles. The smallest absolute Gasteiger partial charge is 0.250 e. The van der Waals surface area contributed by atoms with E-state index in [1.165, 1.54) is 4.90 Å². The topological polar surface area (TPSA) is 122 Å². The Bertz CT molecular complexity index is 1160. The number of nitrogens with two attached hydrogens (primary N) is 1. The molecule has 170 valence electrons. The molecule has 4 amide bonds. The van der Waals surface area contributed by atoms with E-state index in [9.17, 15) is 19.2 Å². The SMILES string of the molecule is CCc1cccc2c1NC(=O)[C@]21N[C@H](CC(N)=O)[C@H]2C(=O)N(CCc3ccccc3)C(=O)[C@@H]21. The molecule has 8 nitrogen and oxygen atoms in total. The van der Waals surface area contributed by atoms with Gasteiger partial charge in [0.1, 0.15) is 5.54 Å². The van der Waals surface area contributed by atoms with E-state index < -0.39 is 29.3 Å². The van der Waals surface area contributed by atoms with Crippen molar-refractivity contribution in [1.29, 1.82) is 0 Å². The highest BCUT2D eigenvalue weighted by molar-refractivity contribution is 6.15. The van der Waals surface area contributed by atoms with Crippen LogP contribution >= 0.6 is 0 Å². The number of nitrogens with zero attached hydrogens (tertiary/aromatic N) is 1. The summed E-state index contributed by atoms with van der Waals surface area (Å²) in [5, 5.41) is 6.18. The van der Waals surface area contributed by atoms with Crippen LogP contribution in [-0.2, 0) is 37.6 Å². The molecular weight excluding hydrogens is 420 g/mol. The third kappa shape index (κ3) is 3.08. The molecule has 4 N–H and O–H groups in total. The maximum absolute atomic E-state index is 13.7. The number of imide groups is 1. The lowest BCUT2D eigenvalue weighted by molar-refractivity contribution is -0.142. The summed E-state index contributed by atoms with van der Waals surface area (Å²) in [4.78, 5) is 53.7. The number of hydrogen-bond acceptors (Lipinski definition) is 5. The van der Waals surface area contributed by atoms with E-state index in [0.29, 0.717) is 24.1 Å². The summed E-state index contributed by atoms with van der Waals surface area (Å²) in [5.74, 6) is -3.46. The zero-order valence-electron chi connectivity index (χ0n) is 18.3. The van der Waals surface area contributed by atoms with Gasteiger partial charge in [0.25, 0.3) is 0 Å². The molecule has 2 aromatic carbocycles. The third-order valence-electron chi connectivity index (χ3n) is 7.20. The van der Waals surface area contributed by atoms with Gasteiger partial charge in [-0.25, -0.2) is 0 Å². The predicted molar refractivity (Wildman–Crippen MR) is 121 cm³/mol. The predicted octanol–water partition coefficient (Wildman–Crippen LogP) is 1.09. The zero-order chi connectivity index (χ0) is 23.3.